The summed E-state index contributed by atoms with van der Waals surface area (Å²) in [6.45, 7) is 3.04. The van der Waals surface area contributed by atoms with E-state index in [-0.39, 0.29) is 22.3 Å². The predicted molar refractivity (Wildman–Crippen MR) is 118 cm³/mol. The second-order valence-electron chi connectivity index (χ2n) is 7.14. The Bertz CT molecular complexity index is 1060. The van der Waals surface area contributed by atoms with Gasteiger partial charge in [-0.3, -0.25) is 4.79 Å². The number of hydrazine groups is 1. The Morgan fingerprint density at radius 2 is 1.87 bits per heavy atom. The first-order valence-electron chi connectivity index (χ1n) is 9.32. The molecule has 0 bridgehead atoms. The normalized spacial score (nSPS) is 20.3. The van der Waals surface area contributed by atoms with E-state index in [0.717, 1.165) is 37.0 Å². The highest BCUT2D eigenvalue weighted by Gasteiger charge is 2.37. The van der Waals surface area contributed by atoms with Gasteiger partial charge in [-0.05, 0) is 37.4 Å². The molecule has 11 heteroatoms. The van der Waals surface area contributed by atoms with Gasteiger partial charge in [0, 0.05) is 37.8 Å². The molecule has 3 heterocycles. The number of thioether (sulfide) groups is 1. The lowest BCUT2D eigenvalue weighted by molar-refractivity contribution is -0.137. The van der Waals surface area contributed by atoms with Crippen LogP contribution in [-0.2, 0) is 11.0 Å². The molecule has 0 N–H and O–H groups in total. The van der Waals surface area contributed by atoms with Crippen LogP contribution in [0.5, 0.6) is 0 Å². The molecule has 5 nitrogen and oxygen atoms in total. The van der Waals surface area contributed by atoms with Crippen molar-refractivity contribution in [3.05, 3.63) is 51.6 Å². The van der Waals surface area contributed by atoms with Gasteiger partial charge in [-0.15, -0.1) is 0 Å². The van der Waals surface area contributed by atoms with E-state index in [1.54, 1.807) is 12.1 Å². The van der Waals surface area contributed by atoms with Crippen LogP contribution in [0.2, 0.25) is 5.02 Å². The summed E-state index contributed by atoms with van der Waals surface area (Å²) in [4.78, 5) is 15.5. The summed E-state index contributed by atoms with van der Waals surface area (Å²) in [5, 5.41) is 3.57. The number of likely N-dealkylation sites (N-methyl/N-ethyl adjacent to an activating group) is 1. The van der Waals surface area contributed by atoms with Crippen molar-refractivity contribution < 1.29 is 22.4 Å². The number of carbonyl (C=O) groups is 1. The Hall–Kier alpha value is -1.85. The van der Waals surface area contributed by atoms with E-state index in [1.165, 1.54) is 17.1 Å². The number of halogens is 4. The van der Waals surface area contributed by atoms with Crippen molar-refractivity contribution in [2.24, 2.45) is 0 Å². The Labute approximate surface area is 191 Å². The number of alkyl halides is 3. The van der Waals surface area contributed by atoms with Gasteiger partial charge in [0.2, 0.25) is 0 Å². The zero-order valence-electron chi connectivity index (χ0n) is 16.3. The van der Waals surface area contributed by atoms with Gasteiger partial charge in [-0.1, -0.05) is 35.6 Å². The van der Waals surface area contributed by atoms with Crippen molar-refractivity contribution in [2.45, 2.75) is 6.18 Å². The first-order valence-corrected chi connectivity index (χ1v) is 10.9. The molecule has 0 spiro atoms. The highest BCUT2D eigenvalue weighted by Crippen LogP contribution is 2.38. The van der Waals surface area contributed by atoms with Gasteiger partial charge in [0.1, 0.15) is 11.5 Å². The van der Waals surface area contributed by atoms with E-state index in [1.807, 2.05) is 12.1 Å². The van der Waals surface area contributed by atoms with E-state index < -0.39 is 11.7 Å². The highest BCUT2D eigenvalue weighted by molar-refractivity contribution is 8.26. The van der Waals surface area contributed by atoms with Gasteiger partial charge in [-0.25, -0.2) is 10.0 Å². The summed E-state index contributed by atoms with van der Waals surface area (Å²) in [6, 6.07) is 6.14. The lowest BCUT2D eigenvalue weighted by Gasteiger charge is -2.37. The van der Waals surface area contributed by atoms with Gasteiger partial charge in [0.05, 0.1) is 15.5 Å². The number of carbonyl (C=O) groups excluding carboxylic acids is 1. The van der Waals surface area contributed by atoms with Crippen molar-refractivity contribution in [1.29, 1.82) is 0 Å². The molecule has 1 aromatic heterocycles. The summed E-state index contributed by atoms with van der Waals surface area (Å²) in [7, 11) is 2.02. The van der Waals surface area contributed by atoms with E-state index in [0.29, 0.717) is 28.1 Å². The topological polar surface area (TPSA) is 39.9 Å². The molecular weight excluding hydrogens is 471 g/mol. The lowest BCUT2D eigenvalue weighted by atomic mass is 10.1. The zero-order valence-corrected chi connectivity index (χ0v) is 18.7. The van der Waals surface area contributed by atoms with Crippen molar-refractivity contribution in [3.8, 4) is 11.3 Å². The molecule has 1 amide bonds. The summed E-state index contributed by atoms with van der Waals surface area (Å²) in [5.74, 6) is 0.258. The molecule has 2 saturated heterocycles. The van der Waals surface area contributed by atoms with Crippen LogP contribution in [0.15, 0.2) is 39.7 Å². The molecule has 2 aromatic rings. The second-order valence-corrected chi connectivity index (χ2v) is 9.23. The van der Waals surface area contributed by atoms with Crippen LogP contribution in [0.1, 0.15) is 11.3 Å². The van der Waals surface area contributed by atoms with Gasteiger partial charge in [0.15, 0.2) is 4.32 Å². The number of hydrogen-bond acceptors (Lipinski definition) is 6. The standard InChI is InChI=1S/C20H17ClF3N3O2S2/c1-25-6-8-26(9-7-25)27-18(28)17(31-19(27)30)11-13-3-5-16(29-13)14-10-12(20(22,23)24)2-4-15(14)21/h2-5,10-11H,6-9H2,1H3/b17-11-. The number of hydrogen-bond donors (Lipinski definition) is 0. The molecule has 2 aliphatic heterocycles. The van der Waals surface area contributed by atoms with Crippen molar-refractivity contribution in [1.82, 2.24) is 14.9 Å². The molecule has 0 saturated carbocycles. The van der Waals surface area contributed by atoms with E-state index in [4.69, 9.17) is 28.2 Å². The SMILES string of the molecule is CN1CCN(N2C(=O)/C(=C/c3ccc(-c4cc(C(F)(F)F)ccc4Cl)o3)SC2=S)CC1. The Kier molecular flexibility index (Phi) is 6.19. The molecule has 0 aliphatic carbocycles. The zero-order chi connectivity index (χ0) is 22.3. The van der Waals surface area contributed by atoms with Crippen LogP contribution >= 0.6 is 35.6 Å². The number of thiocarbonyl (C=S) groups is 1. The Balaban J connectivity index is 1.57. The maximum absolute atomic E-state index is 13.0. The van der Waals surface area contributed by atoms with E-state index >= 15 is 0 Å². The molecule has 0 atom stereocenters. The molecule has 4 rings (SSSR count). The third kappa shape index (κ3) is 4.68. The van der Waals surface area contributed by atoms with Crippen LogP contribution in [0, 0.1) is 0 Å². The van der Waals surface area contributed by atoms with Gasteiger partial charge in [0.25, 0.3) is 5.91 Å². The van der Waals surface area contributed by atoms with Crippen molar-refractivity contribution in [3.63, 3.8) is 0 Å². The van der Waals surface area contributed by atoms with E-state index in [2.05, 4.69) is 4.90 Å². The van der Waals surface area contributed by atoms with Crippen molar-refractivity contribution >= 4 is 51.9 Å². The van der Waals surface area contributed by atoms with Gasteiger partial charge >= 0.3 is 6.18 Å². The molecule has 0 unspecified atom stereocenters. The predicted octanol–water partition coefficient (Wildman–Crippen LogP) is 4.98. The number of amides is 1. The number of piperazine rings is 1. The average Bonchev–Trinajstić information content (AvgIpc) is 3.27. The summed E-state index contributed by atoms with van der Waals surface area (Å²) in [5.41, 5.74) is -0.695. The fourth-order valence-corrected chi connectivity index (χ4v) is 4.79. The summed E-state index contributed by atoms with van der Waals surface area (Å²) >= 11 is 12.6. The third-order valence-electron chi connectivity index (χ3n) is 5.00. The maximum atomic E-state index is 13.0. The third-order valence-corrected chi connectivity index (χ3v) is 6.61. The first kappa shape index (κ1) is 22.3. The average molecular weight is 488 g/mol. The summed E-state index contributed by atoms with van der Waals surface area (Å²) < 4.78 is 45.2. The monoisotopic (exact) mass is 487 g/mol. The molecule has 2 aliphatic rings. The molecule has 1 aromatic carbocycles. The Morgan fingerprint density at radius 1 is 1.16 bits per heavy atom. The van der Waals surface area contributed by atoms with Crippen molar-refractivity contribution in [2.75, 3.05) is 33.2 Å². The lowest BCUT2D eigenvalue weighted by Crippen LogP contribution is -2.54. The fraction of sp³-hybridized carbons (Fsp3) is 0.300. The van der Waals surface area contributed by atoms with Gasteiger partial charge in [-0.2, -0.15) is 13.2 Å². The number of rotatable bonds is 3. The minimum absolute atomic E-state index is 0.126. The molecule has 164 valence electrons. The number of nitrogens with zero attached hydrogens (tertiary/aromatic N) is 3. The number of furan rings is 1. The molecule has 2 fully saturated rings. The highest BCUT2D eigenvalue weighted by atomic mass is 35.5. The molecular formula is C20H17ClF3N3O2S2. The molecule has 31 heavy (non-hydrogen) atoms. The smallest absolute Gasteiger partial charge is 0.416 e. The van der Waals surface area contributed by atoms with Crippen LogP contribution < -0.4 is 0 Å². The minimum Gasteiger partial charge on any atom is -0.457 e. The Morgan fingerprint density at radius 3 is 2.55 bits per heavy atom. The second kappa shape index (κ2) is 8.59. The fourth-order valence-electron chi connectivity index (χ4n) is 3.29. The van der Waals surface area contributed by atoms with Crippen LogP contribution in [0.25, 0.3) is 17.4 Å². The minimum atomic E-state index is -4.49. The van der Waals surface area contributed by atoms with Crippen LogP contribution in [-0.4, -0.2) is 58.4 Å². The largest absolute Gasteiger partial charge is 0.457 e. The van der Waals surface area contributed by atoms with Crippen LogP contribution in [0.4, 0.5) is 13.2 Å². The van der Waals surface area contributed by atoms with E-state index in [9.17, 15) is 18.0 Å². The van der Waals surface area contributed by atoms with Gasteiger partial charge < -0.3 is 9.32 Å². The quantitative estimate of drug-likeness (QED) is 0.449. The molecule has 0 radical (unpaired) electrons. The first-order chi connectivity index (χ1) is 14.6. The number of benzene rings is 1. The maximum Gasteiger partial charge on any atom is 0.416 e. The summed E-state index contributed by atoms with van der Waals surface area (Å²) in [6.07, 6.45) is -2.95. The van der Waals surface area contributed by atoms with Crippen LogP contribution in [0.3, 0.4) is 0 Å².